The molecule has 8 rings (SSSR count). The zero-order chi connectivity index (χ0) is 53.0. The number of benzene rings is 2. The molecule has 4 N–H and O–H groups in total. The number of hydrogen-bond donors (Lipinski definition) is 4. The van der Waals surface area contributed by atoms with E-state index in [1.807, 2.05) is 112 Å². The summed E-state index contributed by atoms with van der Waals surface area (Å²) in [6.45, 7) is 19.2. The molecule has 0 bridgehead atoms. The number of nitrogens with zero attached hydrogens (tertiary/aromatic N) is 6. The third-order valence-corrected chi connectivity index (χ3v) is 14.9. The lowest BCUT2D eigenvalue weighted by molar-refractivity contribution is -0.115. The Morgan fingerprint density at radius 3 is 1.57 bits per heavy atom. The van der Waals surface area contributed by atoms with Crippen molar-refractivity contribution in [3.63, 3.8) is 0 Å². The van der Waals surface area contributed by atoms with Gasteiger partial charge in [-0.2, -0.15) is 5.10 Å². The van der Waals surface area contributed by atoms with Gasteiger partial charge in [-0.15, -0.1) is 0 Å². The molecule has 0 saturated carbocycles. The number of aromatic nitrogens is 5. The molecule has 2 aliphatic heterocycles. The second-order valence-electron chi connectivity index (χ2n) is 20.5. The second kappa shape index (κ2) is 23.1. The van der Waals surface area contributed by atoms with Crippen molar-refractivity contribution in [2.45, 2.75) is 125 Å². The highest BCUT2D eigenvalue weighted by molar-refractivity contribution is 6.00. The number of nitrogens with one attached hydrogen (secondary N) is 4. The van der Waals surface area contributed by atoms with Crippen LogP contribution in [0, 0.1) is 41.5 Å². The topological polar surface area (TPSA) is 183 Å². The molecule has 2 aromatic carbocycles. The fourth-order valence-electron chi connectivity index (χ4n) is 11.1. The highest BCUT2D eigenvalue weighted by Crippen LogP contribution is 2.38. The molecule has 0 aliphatic carbocycles. The maximum atomic E-state index is 14.3. The van der Waals surface area contributed by atoms with Gasteiger partial charge in [-0.3, -0.25) is 28.8 Å². The van der Waals surface area contributed by atoms with Gasteiger partial charge in [-0.1, -0.05) is 6.07 Å². The smallest absolute Gasteiger partial charge is 0.253 e. The molecule has 16 nitrogen and oxygen atoms in total. The first kappa shape index (κ1) is 53.4. The number of amides is 2. The van der Waals surface area contributed by atoms with E-state index in [2.05, 4.69) is 72.4 Å². The van der Waals surface area contributed by atoms with Crippen LogP contribution in [0.1, 0.15) is 111 Å². The van der Waals surface area contributed by atoms with Crippen LogP contribution in [0.3, 0.4) is 0 Å². The Balaban J connectivity index is 1.06. The van der Waals surface area contributed by atoms with E-state index in [-0.39, 0.29) is 60.3 Å². The highest BCUT2D eigenvalue weighted by Gasteiger charge is 2.38. The molecule has 6 aromatic rings. The molecule has 2 amide bonds. The van der Waals surface area contributed by atoms with Crippen LogP contribution in [0.2, 0.25) is 0 Å². The molecule has 6 heterocycles. The number of ether oxygens (including phenoxy) is 2. The summed E-state index contributed by atoms with van der Waals surface area (Å²) in [7, 11) is 5.91. The van der Waals surface area contributed by atoms with Gasteiger partial charge in [0.1, 0.15) is 0 Å². The lowest BCUT2D eigenvalue weighted by Gasteiger charge is -2.45. The summed E-state index contributed by atoms with van der Waals surface area (Å²) in [5, 5.41) is 10.6. The summed E-state index contributed by atoms with van der Waals surface area (Å²) >= 11 is 0. The van der Waals surface area contributed by atoms with E-state index in [1.54, 1.807) is 4.68 Å². The van der Waals surface area contributed by atoms with Gasteiger partial charge in [0, 0.05) is 134 Å². The molecular weight excluding hydrogens is 933 g/mol. The van der Waals surface area contributed by atoms with Crippen LogP contribution < -0.4 is 31.6 Å². The van der Waals surface area contributed by atoms with Crippen molar-refractivity contribution in [1.29, 1.82) is 0 Å². The monoisotopic (exact) mass is 1010 g/mol. The average molecular weight is 1010 g/mol. The van der Waals surface area contributed by atoms with Gasteiger partial charge in [0.25, 0.3) is 22.9 Å². The zero-order valence-corrected chi connectivity index (χ0v) is 45.1. The van der Waals surface area contributed by atoms with E-state index >= 15 is 0 Å². The van der Waals surface area contributed by atoms with Crippen LogP contribution >= 0.6 is 0 Å². The van der Waals surface area contributed by atoms with Crippen molar-refractivity contribution in [2.75, 3.05) is 50.2 Å². The third-order valence-electron chi connectivity index (χ3n) is 14.9. The molecule has 0 radical (unpaired) electrons. The van der Waals surface area contributed by atoms with Crippen LogP contribution in [-0.4, -0.2) is 106 Å². The highest BCUT2D eigenvalue weighted by atomic mass is 16.5. The van der Waals surface area contributed by atoms with Crippen molar-refractivity contribution in [2.24, 2.45) is 7.05 Å². The Hall–Kier alpha value is -6.88. The Kier molecular flexibility index (Phi) is 16.7. The molecule has 392 valence electrons. The minimum absolute atomic E-state index is 0.0861. The van der Waals surface area contributed by atoms with Crippen LogP contribution in [0.5, 0.6) is 0 Å². The lowest BCUT2D eigenvalue weighted by Crippen LogP contribution is -2.51. The van der Waals surface area contributed by atoms with Crippen molar-refractivity contribution in [3.8, 4) is 22.3 Å². The molecule has 2 fully saturated rings. The summed E-state index contributed by atoms with van der Waals surface area (Å²) in [6.07, 6.45) is 8.33. The predicted molar refractivity (Wildman–Crippen MR) is 292 cm³/mol. The number of carbonyl (C=O) groups is 2. The Morgan fingerprint density at radius 2 is 1.16 bits per heavy atom. The molecule has 16 heteroatoms. The van der Waals surface area contributed by atoms with Gasteiger partial charge >= 0.3 is 0 Å². The SMILES string of the molecule is CCN(c1cc(-c2ccc(CN(C)C)nc2)cc(C(=O)NCc2c(C)cc(C)[nH]c2=O)c1C)C1CCOC(C2CC(N(CC)c3cc(-c4cnn(C)c4)cc(C(=O)NCc4c(C)cc(C)[nH]c4=O)c3C)CCO2)C1. The summed E-state index contributed by atoms with van der Waals surface area (Å²) in [4.78, 5) is 71.8. The maximum Gasteiger partial charge on any atom is 0.253 e. The number of aryl methyl sites for hydroxylation is 5. The van der Waals surface area contributed by atoms with Gasteiger partial charge < -0.3 is 44.8 Å². The molecule has 0 spiro atoms. The van der Waals surface area contributed by atoms with E-state index in [9.17, 15) is 19.2 Å². The zero-order valence-electron chi connectivity index (χ0n) is 45.1. The van der Waals surface area contributed by atoms with E-state index < -0.39 is 0 Å². The molecule has 2 aliphatic rings. The Labute approximate surface area is 434 Å². The minimum Gasteiger partial charge on any atom is -0.375 e. The Bertz CT molecular complexity index is 3120. The fraction of sp³-hybridized carbons (Fsp3) is 0.448. The van der Waals surface area contributed by atoms with Crippen LogP contribution in [0.4, 0.5) is 11.4 Å². The van der Waals surface area contributed by atoms with Crippen LogP contribution in [0.25, 0.3) is 22.3 Å². The summed E-state index contributed by atoms with van der Waals surface area (Å²) in [5.41, 5.74) is 13.1. The van der Waals surface area contributed by atoms with Crippen LogP contribution in [-0.2, 0) is 36.2 Å². The summed E-state index contributed by atoms with van der Waals surface area (Å²) < 4.78 is 15.1. The fourth-order valence-corrected chi connectivity index (χ4v) is 11.1. The number of anilines is 2. The van der Waals surface area contributed by atoms with Gasteiger partial charge in [-0.25, -0.2) is 0 Å². The van der Waals surface area contributed by atoms with Crippen LogP contribution in [0.15, 0.2) is 76.7 Å². The molecule has 2 saturated heterocycles. The minimum atomic E-state index is -0.256. The van der Waals surface area contributed by atoms with E-state index in [0.29, 0.717) is 55.1 Å². The first-order valence-electron chi connectivity index (χ1n) is 26.0. The molecule has 4 aromatic heterocycles. The first-order valence-corrected chi connectivity index (χ1v) is 26.0. The number of hydrogen-bond acceptors (Lipinski definition) is 11. The number of aromatic amines is 2. The number of rotatable bonds is 17. The normalized spacial score (nSPS) is 17.8. The molecule has 4 atom stereocenters. The largest absolute Gasteiger partial charge is 0.375 e. The maximum absolute atomic E-state index is 14.3. The lowest BCUT2D eigenvalue weighted by atomic mass is 9.90. The van der Waals surface area contributed by atoms with Crippen molar-refractivity contribution in [3.05, 3.63) is 149 Å². The summed E-state index contributed by atoms with van der Waals surface area (Å²) in [6, 6.07) is 16.3. The van der Waals surface area contributed by atoms with Gasteiger partial charge in [0.2, 0.25) is 0 Å². The second-order valence-corrected chi connectivity index (χ2v) is 20.5. The number of H-pyrrole nitrogens is 2. The van der Waals surface area contributed by atoms with Gasteiger partial charge in [0.05, 0.1) is 24.1 Å². The van der Waals surface area contributed by atoms with Crippen molar-refractivity contribution >= 4 is 23.2 Å². The standard InChI is InChI=1S/C58H74N10O6/c1-12-67(51-24-41(40-14-15-44(59-28-40)33-65(9)10)22-47(38(51)7)55(69)60-30-49-34(3)20-36(5)63-57(49)71)45-16-18-73-53(26-45)54-27-46(17-19-74-54)68(13-2)52-25-42(43-29-62-66(11)32-43)23-48(39(52)8)56(70)61-31-50-35(4)21-37(6)64-58(50)72/h14-15,20-25,28-29,32,45-46,53-54H,12-13,16-19,26-27,30-31,33H2,1-11H3,(H,60,69)(H,61,70)(H,63,71)(H,64,72). The quantitative estimate of drug-likeness (QED) is 0.0702. The molecule has 4 unspecified atom stereocenters. The van der Waals surface area contributed by atoms with Gasteiger partial charge in [0.15, 0.2) is 0 Å². The average Bonchev–Trinajstić information content (AvgIpc) is 3.80. The Morgan fingerprint density at radius 1 is 0.676 bits per heavy atom. The van der Waals surface area contributed by atoms with Crippen molar-refractivity contribution in [1.82, 2.24) is 40.3 Å². The summed E-state index contributed by atoms with van der Waals surface area (Å²) in [5.74, 6) is -0.512. The number of carbonyl (C=O) groups excluding carboxylic acids is 2. The van der Waals surface area contributed by atoms with E-state index in [1.165, 1.54) is 0 Å². The third kappa shape index (κ3) is 11.9. The van der Waals surface area contributed by atoms with Gasteiger partial charge in [-0.05, 0) is 171 Å². The molecule has 74 heavy (non-hydrogen) atoms. The first-order chi connectivity index (χ1) is 35.4. The van der Waals surface area contributed by atoms with Crippen molar-refractivity contribution < 1.29 is 19.1 Å². The molecular formula is C58H74N10O6. The van der Waals surface area contributed by atoms with E-state index in [0.717, 1.165) is 98.6 Å². The van der Waals surface area contributed by atoms with E-state index in [4.69, 9.17) is 14.5 Å². The number of pyridine rings is 3. The predicted octanol–water partition coefficient (Wildman–Crippen LogP) is 7.75.